The lowest BCUT2D eigenvalue weighted by atomic mass is 9.80. The van der Waals surface area contributed by atoms with Gasteiger partial charge in [-0.05, 0) is 32.6 Å². The average Bonchev–Trinajstić information content (AvgIpc) is 2.24. The highest BCUT2D eigenvalue weighted by molar-refractivity contribution is 6.17. The Morgan fingerprint density at radius 2 is 2.20 bits per heavy atom. The Labute approximate surface area is 96.8 Å². The molecule has 0 aromatic rings. The number of carbonyl (C=O) groups is 1. The summed E-state index contributed by atoms with van der Waals surface area (Å²) in [6, 6.07) is 0. The van der Waals surface area contributed by atoms with Crippen LogP contribution in [0.1, 0.15) is 39.5 Å². The van der Waals surface area contributed by atoms with Crippen LogP contribution in [-0.4, -0.2) is 30.2 Å². The molecule has 3 nitrogen and oxygen atoms in total. The highest BCUT2D eigenvalue weighted by Crippen LogP contribution is 2.31. The standard InChI is InChI=1S/C11H21ClO3/c1-4-9(13)8-11(2,6-5-7-12)10(14)15-3/h9,13H,4-8H2,1-3H3/t9-,11-/m0/s1. The van der Waals surface area contributed by atoms with Crippen LogP contribution in [0.3, 0.4) is 0 Å². The Bertz CT molecular complexity index is 196. The van der Waals surface area contributed by atoms with Crippen LogP contribution in [0, 0.1) is 5.41 Å². The third-order valence-corrected chi connectivity index (χ3v) is 2.97. The number of hydrogen-bond acceptors (Lipinski definition) is 3. The lowest BCUT2D eigenvalue weighted by Gasteiger charge is -2.28. The van der Waals surface area contributed by atoms with Crippen LogP contribution >= 0.6 is 11.6 Å². The Balaban J connectivity index is 4.46. The number of ether oxygens (including phenoxy) is 1. The topological polar surface area (TPSA) is 46.5 Å². The summed E-state index contributed by atoms with van der Waals surface area (Å²) in [4.78, 5) is 11.6. The number of halogens is 1. The molecule has 0 saturated heterocycles. The van der Waals surface area contributed by atoms with Crippen LogP contribution in [0.2, 0.25) is 0 Å². The molecule has 90 valence electrons. The molecule has 15 heavy (non-hydrogen) atoms. The molecule has 0 aromatic heterocycles. The minimum atomic E-state index is -0.612. The fraction of sp³-hybridized carbons (Fsp3) is 0.909. The molecule has 0 radical (unpaired) electrons. The van der Waals surface area contributed by atoms with Crippen LogP contribution in [0.15, 0.2) is 0 Å². The molecule has 4 heteroatoms. The predicted molar refractivity (Wildman–Crippen MR) is 61.0 cm³/mol. The molecule has 0 rings (SSSR count). The summed E-state index contributed by atoms with van der Waals surface area (Å²) in [6.45, 7) is 3.72. The molecule has 0 heterocycles. The van der Waals surface area contributed by atoms with Crippen molar-refractivity contribution in [2.75, 3.05) is 13.0 Å². The van der Waals surface area contributed by atoms with E-state index in [9.17, 15) is 9.90 Å². The third-order valence-electron chi connectivity index (χ3n) is 2.70. The van der Waals surface area contributed by atoms with E-state index in [0.717, 1.165) is 6.42 Å². The van der Waals surface area contributed by atoms with Gasteiger partial charge in [-0.3, -0.25) is 4.79 Å². The van der Waals surface area contributed by atoms with Gasteiger partial charge in [0, 0.05) is 5.88 Å². The van der Waals surface area contributed by atoms with Crippen LogP contribution in [0.4, 0.5) is 0 Å². The maximum atomic E-state index is 11.6. The summed E-state index contributed by atoms with van der Waals surface area (Å²) in [5.74, 6) is 0.259. The number of rotatable bonds is 7. The fourth-order valence-corrected chi connectivity index (χ4v) is 1.79. The molecule has 0 aliphatic heterocycles. The Morgan fingerprint density at radius 1 is 1.60 bits per heavy atom. The first kappa shape index (κ1) is 14.7. The van der Waals surface area contributed by atoms with E-state index < -0.39 is 11.5 Å². The van der Waals surface area contributed by atoms with Gasteiger partial charge < -0.3 is 9.84 Å². The summed E-state index contributed by atoms with van der Waals surface area (Å²) in [5.41, 5.74) is -0.612. The van der Waals surface area contributed by atoms with Crippen molar-refractivity contribution in [3.8, 4) is 0 Å². The van der Waals surface area contributed by atoms with E-state index in [0.29, 0.717) is 25.1 Å². The van der Waals surface area contributed by atoms with E-state index in [4.69, 9.17) is 16.3 Å². The normalized spacial score (nSPS) is 16.9. The first-order chi connectivity index (χ1) is 7.00. The first-order valence-corrected chi connectivity index (χ1v) is 5.86. The molecule has 0 aliphatic rings. The zero-order valence-corrected chi connectivity index (χ0v) is 10.5. The smallest absolute Gasteiger partial charge is 0.311 e. The average molecular weight is 237 g/mol. The van der Waals surface area contributed by atoms with Crippen LogP contribution < -0.4 is 0 Å². The lowest BCUT2D eigenvalue weighted by molar-refractivity contribution is -0.154. The van der Waals surface area contributed by atoms with E-state index in [-0.39, 0.29) is 5.97 Å². The monoisotopic (exact) mass is 236 g/mol. The molecule has 0 aliphatic carbocycles. The Kier molecular flexibility index (Phi) is 6.94. The summed E-state index contributed by atoms with van der Waals surface area (Å²) in [5, 5.41) is 9.60. The highest BCUT2D eigenvalue weighted by Gasteiger charge is 2.35. The summed E-state index contributed by atoms with van der Waals surface area (Å²) < 4.78 is 4.76. The SMILES string of the molecule is CC[C@H](O)C[C@](C)(CCCCl)C(=O)OC. The molecule has 0 saturated carbocycles. The van der Waals surface area contributed by atoms with Gasteiger partial charge in [0.1, 0.15) is 0 Å². The summed E-state index contributed by atoms with van der Waals surface area (Å²) in [7, 11) is 1.37. The van der Waals surface area contributed by atoms with E-state index >= 15 is 0 Å². The van der Waals surface area contributed by atoms with Gasteiger partial charge in [-0.15, -0.1) is 11.6 Å². The molecule has 0 spiro atoms. The van der Waals surface area contributed by atoms with Gasteiger partial charge in [-0.25, -0.2) is 0 Å². The van der Waals surface area contributed by atoms with E-state index in [1.807, 2.05) is 13.8 Å². The molecule has 0 bridgehead atoms. The molecular weight excluding hydrogens is 216 g/mol. The number of hydrogen-bond donors (Lipinski definition) is 1. The highest BCUT2D eigenvalue weighted by atomic mass is 35.5. The van der Waals surface area contributed by atoms with Crippen molar-refractivity contribution in [3.63, 3.8) is 0 Å². The molecule has 1 N–H and O–H groups in total. The number of methoxy groups -OCH3 is 1. The van der Waals surface area contributed by atoms with Gasteiger partial charge in [0.2, 0.25) is 0 Å². The zero-order valence-electron chi connectivity index (χ0n) is 9.75. The predicted octanol–water partition coefficient (Wildman–Crippen LogP) is 2.35. The molecule has 0 unspecified atom stereocenters. The van der Waals surface area contributed by atoms with Crippen molar-refractivity contribution in [1.29, 1.82) is 0 Å². The third kappa shape index (κ3) is 4.85. The quantitative estimate of drug-likeness (QED) is 0.545. The minimum Gasteiger partial charge on any atom is -0.469 e. The maximum absolute atomic E-state index is 11.6. The van der Waals surface area contributed by atoms with Crippen LogP contribution in [0.5, 0.6) is 0 Å². The van der Waals surface area contributed by atoms with Gasteiger partial charge in [0.25, 0.3) is 0 Å². The summed E-state index contributed by atoms with van der Waals surface area (Å²) in [6.07, 6.45) is 2.04. The number of carbonyl (C=O) groups excluding carboxylic acids is 1. The molecule has 0 amide bonds. The number of aliphatic hydroxyl groups excluding tert-OH is 1. The molecule has 0 fully saturated rings. The number of aliphatic hydroxyl groups is 1. The zero-order chi connectivity index (χ0) is 11.9. The van der Waals surface area contributed by atoms with Crippen molar-refractivity contribution in [2.24, 2.45) is 5.41 Å². The van der Waals surface area contributed by atoms with E-state index in [2.05, 4.69) is 0 Å². The summed E-state index contributed by atoms with van der Waals surface area (Å²) >= 11 is 5.61. The second kappa shape index (κ2) is 7.07. The lowest BCUT2D eigenvalue weighted by Crippen LogP contribution is -2.33. The van der Waals surface area contributed by atoms with Crippen molar-refractivity contribution in [3.05, 3.63) is 0 Å². The maximum Gasteiger partial charge on any atom is 0.311 e. The van der Waals surface area contributed by atoms with Gasteiger partial charge in [0.05, 0.1) is 18.6 Å². The van der Waals surface area contributed by atoms with Gasteiger partial charge in [-0.2, -0.15) is 0 Å². The van der Waals surface area contributed by atoms with Gasteiger partial charge in [0.15, 0.2) is 0 Å². The van der Waals surface area contributed by atoms with E-state index in [1.165, 1.54) is 7.11 Å². The minimum absolute atomic E-state index is 0.264. The van der Waals surface area contributed by atoms with Crippen LogP contribution in [0.25, 0.3) is 0 Å². The molecule has 2 atom stereocenters. The molecular formula is C11H21ClO3. The van der Waals surface area contributed by atoms with Crippen LogP contribution in [-0.2, 0) is 9.53 Å². The Hall–Kier alpha value is -0.280. The second-order valence-electron chi connectivity index (χ2n) is 4.11. The second-order valence-corrected chi connectivity index (χ2v) is 4.49. The van der Waals surface area contributed by atoms with Crippen molar-refractivity contribution < 1.29 is 14.6 Å². The largest absolute Gasteiger partial charge is 0.469 e. The van der Waals surface area contributed by atoms with E-state index in [1.54, 1.807) is 0 Å². The van der Waals surface area contributed by atoms with Crippen molar-refractivity contribution in [1.82, 2.24) is 0 Å². The van der Waals surface area contributed by atoms with Gasteiger partial charge in [-0.1, -0.05) is 6.92 Å². The van der Waals surface area contributed by atoms with Crippen molar-refractivity contribution in [2.45, 2.75) is 45.6 Å². The van der Waals surface area contributed by atoms with Crippen molar-refractivity contribution >= 4 is 17.6 Å². The number of alkyl halides is 1. The fourth-order valence-electron chi connectivity index (χ4n) is 1.66. The first-order valence-electron chi connectivity index (χ1n) is 5.32. The van der Waals surface area contributed by atoms with Gasteiger partial charge >= 0.3 is 5.97 Å². The Morgan fingerprint density at radius 3 is 2.60 bits per heavy atom. The molecule has 0 aromatic carbocycles. The number of esters is 1.